The number of para-hydroxylation sites is 2. The molecule has 0 radical (unpaired) electrons. The molecule has 0 aromatic heterocycles. The Balaban J connectivity index is 1.95. The van der Waals surface area contributed by atoms with E-state index in [1.54, 1.807) is 0 Å². The zero-order valence-electron chi connectivity index (χ0n) is 10.6. The van der Waals surface area contributed by atoms with Gasteiger partial charge in [-0.2, -0.15) is 0 Å². The molecule has 96 valence electrons. The molecule has 3 nitrogen and oxygen atoms in total. The lowest BCUT2D eigenvalue weighted by molar-refractivity contribution is -0.116. The predicted molar refractivity (Wildman–Crippen MR) is 77.1 cm³/mol. The highest BCUT2D eigenvalue weighted by atomic mass is 16.1. The maximum atomic E-state index is 11.8. The summed E-state index contributed by atoms with van der Waals surface area (Å²) in [5, 5.41) is 6.45. The lowest BCUT2D eigenvalue weighted by Crippen LogP contribution is -2.21. The molecule has 1 atom stereocenters. The van der Waals surface area contributed by atoms with Crippen molar-refractivity contribution in [2.75, 3.05) is 10.6 Å². The van der Waals surface area contributed by atoms with Crippen LogP contribution >= 0.6 is 0 Å². The van der Waals surface area contributed by atoms with Gasteiger partial charge in [0.15, 0.2) is 0 Å². The summed E-state index contributed by atoms with van der Waals surface area (Å²) >= 11 is 0. The lowest BCUT2D eigenvalue weighted by atomic mass is 10.00. The molecule has 0 saturated heterocycles. The predicted octanol–water partition coefficient (Wildman–Crippen LogP) is 3.57. The van der Waals surface area contributed by atoms with Crippen molar-refractivity contribution in [2.24, 2.45) is 0 Å². The number of hydrogen-bond acceptors (Lipinski definition) is 2. The molecule has 1 aliphatic heterocycles. The molecule has 1 unspecified atom stereocenters. The summed E-state index contributed by atoms with van der Waals surface area (Å²) in [5.41, 5.74) is 3.05. The van der Waals surface area contributed by atoms with Gasteiger partial charge in [0.2, 0.25) is 5.91 Å². The molecule has 3 heteroatoms. The van der Waals surface area contributed by atoms with Gasteiger partial charge in [-0.1, -0.05) is 42.5 Å². The van der Waals surface area contributed by atoms with Crippen LogP contribution in [0.5, 0.6) is 0 Å². The third-order valence-electron chi connectivity index (χ3n) is 3.39. The van der Waals surface area contributed by atoms with Crippen molar-refractivity contribution in [1.82, 2.24) is 0 Å². The molecule has 3 rings (SSSR count). The molecule has 0 aliphatic carbocycles. The Morgan fingerprint density at radius 2 is 1.58 bits per heavy atom. The van der Waals surface area contributed by atoms with Gasteiger partial charge < -0.3 is 10.6 Å². The van der Waals surface area contributed by atoms with Gasteiger partial charge in [-0.05, 0) is 24.1 Å². The summed E-state index contributed by atoms with van der Waals surface area (Å²) in [4.78, 5) is 11.8. The number of benzene rings is 2. The van der Waals surface area contributed by atoms with Crippen LogP contribution in [0.1, 0.15) is 24.4 Å². The minimum atomic E-state index is 0.0786. The summed E-state index contributed by atoms with van der Waals surface area (Å²) in [7, 11) is 0. The molecule has 19 heavy (non-hydrogen) atoms. The molecular formula is C16H16N2O. The average molecular weight is 252 g/mol. The number of carbonyl (C=O) groups excluding carboxylic acids is 1. The summed E-state index contributed by atoms with van der Waals surface area (Å²) in [6.45, 7) is 0. The van der Waals surface area contributed by atoms with Gasteiger partial charge >= 0.3 is 0 Å². The third-order valence-corrected chi connectivity index (χ3v) is 3.39. The van der Waals surface area contributed by atoms with Crippen LogP contribution in [-0.2, 0) is 4.79 Å². The van der Waals surface area contributed by atoms with Crippen molar-refractivity contribution in [2.45, 2.75) is 18.9 Å². The smallest absolute Gasteiger partial charge is 0.224 e. The molecule has 1 heterocycles. The fraction of sp³-hybridized carbons (Fsp3) is 0.188. The van der Waals surface area contributed by atoms with Crippen molar-refractivity contribution in [3.63, 3.8) is 0 Å². The summed E-state index contributed by atoms with van der Waals surface area (Å²) < 4.78 is 0. The molecule has 2 aromatic carbocycles. The van der Waals surface area contributed by atoms with E-state index in [4.69, 9.17) is 0 Å². The summed E-state index contributed by atoms with van der Waals surface area (Å²) in [6, 6.07) is 18.3. The van der Waals surface area contributed by atoms with E-state index in [1.807, 2.05) is 42.5 Å². The van der Waals surface area contributed by atoms with Crippen molar-refractivity contribution < 1.29 is 4.79 Å². The van der Waals surface area contributed by atoms with Crippen LogP contribution in [-0.4, -0.2) is 5.91 Å². The quantitative estimate of drug-likeness (QED) is 0.814. The van der Waals surface area contributed by atoms with Crippen LogP contribution in [0.4, 0.5) is 11.4 Å². The maximum absolute atomic E-state index is 11.8. The monoisotopic (exact) mass is 252 g/mol. The Labute approximate surface area is 112 Å². The maximum Gasteiger partial charge on any atom is 0.224 e. The number of hydrogen-bond donors (Lipinski definition) is 2. The lowest BCUT2D eigenvalue weighted by Gasteiger charge is -2.25. The molecule has 0 saturated carbocycles. The standard InChI is InChI=1S/C16H16N2O/c19-16-11-10-13(12-6-2-1-3-7-12)17-14-8-4-5-9-15(14)18-16/h1-9,13,17H,10-11H2,(H,18,19). The number of nitrogens with one attached hydrogen (secondary N) is 2. The highest BCUT2D eigenvalue weighted by Gasteiger charge is 2.18. The van der Waals surface area contributed by atoms with Gasteiger partial charge in [-0.25, -0.2) is 0 Å². The highest BCUT2D eigenvalue weighted by Crippen LogP contribution is 2.31. The number of rotatable bonds is 1. The van der Waals surface area contributed by atoms with Gasteiger partial charge in [-0.3, -0.25) is 4.79 Å². The second-order valence-electron chi connectivity index (χ2n) is 4.74. The minimum absolute atomic E-state index is 0.0786. The molecule has 1 amide bonds. The van der Waals surface area contributed by atoms with Crippen molar-refractivity contribution in [3.8, 4) is 0 Å². The van der Waals surface area contributed by atoms with Crippen LogP contribution in [0.15, 0.2) is 54.6 Å². The van der Waals surface area contributed by atoms with Crippen molar-refractivity contribution >= 4 is 17.3 Å². The van der Waals surface area contributed by atoms with E-state index in [9.17, 15) is 4.79 Å². The highest BCUT2D eigenvalue weighted by molar-refractivity contribution is 5.94. The van der Waals surface area contributed by atoms with Gasteiger partial charge in [-0.15, -0.1) is 0 Å². The van der Waals surface area contributed by atoms with Crippen molar-refractivity contribution in [1.29, 1.82) is 0 Å². The zero-order chi connectivity index (χ0) is 13.1. The van der Waals surface area contributed by atoms with Gasteiger partial charge in [0.05, 0.1) is 17.4 Å². The fourth-order valence-corrected chi connectivity index (χ4v) is 2.40. The Bertz CT molecular complexity index is 580. The van der Waals surface area contributed by atoms with Crippen molar-refractivity contribution in [3.05, 3.63) is 60.2 Å². The minimum Gasteiger partial charge on any atom is -0.377 e. The molecule has 0 bridgehead atoms. The largest absolute Gasteiger partial charge is 0.377 e. The van der Waals surface area contributed by atoms with Gasteiger partial charge in [0, 0.05) is 6.42 Å². The molecule has 0 spiro atoms. The van der Waals surface area contributed by atoms with E-state index in [-0.39, 0.29) is 11.9 Å². The number of amides is 1. The molecule has 2 N–H and O–H groups in total. The van der Waals surface area contributed by atoms with Gasteiger partial charge in [0.1, 0.15) is 0 Å². The van der Waals surface area contributed by atoms with Crippen LogP contribution in [0.25, 0.3) is 0 Å². The number of anilines is 2. The van der Waals surface area contributed by atoms with E-state index in [2.05, 4.69) is 22.8 Å². The number of carbonyl (C=O) groups is 1. The topological polar surface area (TPSA) is 41.1 Å². The van der Waals surface area contributed by atoms with E-state index in [0.29, 0.717) is 6.42 Å². The van der Waals surface area contributed by atoms with E-state index in [1.165, 1.54) is 5.56 Å². The number of fused-ring (bicyclic) bond motifs is 1. The third kappa shape index (κ3) is 2.60. The second kappa shape index (κ2) is 5.14. The Hall–Kier alpha value is -2.29. The van der Waals surface area contributed by atoms with Crippen LogP contribution in [0.2, 0.25) is 0 Å². The first-order valence-electron chi connectivity index (χ1n) is 6.53. The van der Waals surface area contributed by atoms with Crippen LogP contribution in [0.3, 0.4) is 0 Å². The Kier molecular flexibility index (Phi) is 3.19. The summed E-state index contributed by atoms with van der Waals surface area (Å²) in [6.07, 6.45) is 1.32. The Morgan fingerprint density at radius 1 is 0.895 bits per heavy atom. The van der Waals surface area contributed by atoms with Gasteiger partial charge in [0.25, 0.3) is 0 Å². The fourth-order valence-electron chi connectivity index (χ4n) is 2.40. The SMILES string of the molecule is O=C1CCC(c2ccccc2)Nc2ccccc2N1. The second-order valence-corrected chi connectivity index (χ2v) is 4.74. The first kappa shape index (κ1) is 11.8. The normalized spacial score (nSPS) is 18.5. The van der Waals surface area contributed by atoms with E-state index < -0.39 is 0 Å². The first-order chi connectivity index (χ1) is 9.33. The molecule has 2 aromatic rings. The van der Waals surface area contributed by atoms with Crippen LogP contribution in [0, 0.1) is 0 Å². The van der Waals surface area contributed by atoms with E-state index >= 15 is 0 Å². The average Bonchev–Trinajstić information content (AvgIpc) is 2.44. The van der Waals surface area contributed by atoms with E-state index in [0.717, 1.165) is 17.8 Å². The zero-order valence-corrected chi connectivity index (χ0v) is 10.6. The molecular weight excluding hydrogens is 236 g/mol. The molecule has 0 fully saturated rings. The van der Waals surface area contributed by atoms with Crippen LogP contribution < -0.4 is 10.6 Å². The molecule has 1 aliphatic rings. The first-order valence-corrected chi connectivity index (χ1v) is 6.53. The summed E-state index contributed by atoms with van der Waals surface area (Å²) in [5.74, 6) is 0.0786. The Morgan fingerprint density at radius 3 is 2.37 bits per heavy atom.